The number of benzene rings is 1. The van der Waals surface area contributed by atoms with E-state index >= 15 is 0 Å². The van der Waals surface area contributed by atoms with E-state index in [1.807, 2.05) is 19.1 Å². The summed E-state index contributed by atoms with van der Waals surface area (Å²) in [4.78, 5) is 10.9. The third kappa shape index (κ3) is 1.55. The Morgan fingerprint density at radius 3 is 2.64 bits per heavy atom. The van der Waals surface area contributed by atoms with Crippen molar-refractivity contribution < 1.29 is 9.53 Å². The summed E-state index contributed by atoms with van der Waals surface area (Å²) in [5.74, 6) is -0.236. The second-order valence-electron chi connectivity index (χ2n) is 3.60. The van der Waals surface area contributed by atoms with Gasteiger partial charge in [-0.15, -0.1) is 0 Å². The molecule has 1 heterocycles. The molecule has 0 N–H and O–H groups in total. The Morgan fingerprint density at radius 1 is 1.29 bits per heavy atom. The normalized spacial score (nSPS) is 15.3. The molecule has 1 aliphatic rings. The fraction of sp³-hybridized carbons (Fsp3) is 0.250. The van der Waals surface area contributed by atoms with Gasteiger partial charge in [0.25, 0.3) is 0 Å². The molecule has 0 unspecified atom stereocenters. The highest BCUT2D eigenvalue weighted by Crippen LogP contribution is 2.23. The van der Waals surface area contributed by atoms with Crippen LogP contribution in [0, 0.1) is 13.8 Å². The average molecular weight is 188 g/mol. The summed E-state index contributed by atoms with van der Waals surface area (Å²) in [6.45, 7) is 4.51. The Bertz CT molecular complexity index is 416. The van der Waals surface area contributed by atoms with Crippen molar-refractivity contribution in [3.05, 3.63) is 41.0 Å². The van der Waals surface area contributed by atoms with Gasteiger partial charge in [0.15, 0.2) is 0 Å². The topological polar surface area (TPSA) is 26.3 Å². The van der Waals surface area contributed by atoms with E-state index in [4.69, 9.17) is 4.74 Å². The molecule has 0 spiro atoms. The van der Waals surface area contributed by atoms with Gasteiger partial charge in [0.05, 0.1) is 0 Å². The lowest BCUT2D eigenvalue weighted by Gasteiger charge is -2.06. The standard InChI is InChI=1S/C12H12O2/c1-8-3-4-11(9(2)5-8)10-6-12(13)14-7-10/h3-6H,7H2,1-2H3. The quantitative estimate of drug-likeness (QED) is 0.632. The molecule has 0 aromatic heterocycles. The smallest absolute Gasteiger partial charge is 0.331 e. The van der Waals surface area contributed by atoms with Crippen molar-refractivity contribution in [2.24, 2.45) is 0 Å². The lowest BCUT2D eigenvalue weighted by molar-refractivity contribution is -0.134. The first-order valence-electron chi connectivity index (χ1n) is 4.62. The summed E-state index contributed by atoms with van der Waals surface area (Å²) in [7, 11) is 0. The molecular formula is C12H12O2. The van der Waals surface area contributed by atoms with Crippen LogP contribution in [-0.2, 0) is 9.53 Å². The average Bonchev–Trinajstić information content (AvgIpc) is 2.51. The summed E-state index contributed by atoms with van der Waals surface area (Å²) in [6, 6.07) is 6.20. The van der Waals surface area contributed by atoms with Crippen molar-refractivity contribution in [3.8, 4) is 0 Å². The number of esters is 1. The van der Waals surface area contributed by atoms with Gasteiger partial charge in [0.2, 0.25) is 0 Å². The first-order valence-corrected chi connectivity index (χ1v) is 4.62. The van der Waals surface area contributed by atoms with Crippen molar-refractivity contribution in [3.63, 3.8) is 0 Å². The van der Waals surface area contributed by atoms with Crippen LogP contribution in [-0.4, -0.2) is 12.6 Å². The van der Waals surface area contributed by atoms with E-state index in [0.29, 0.717) is 6.61 Å². The van der Waals surface area contributed by atoms with E-state index < -0.39 is 0 Å². The zero-order valence-corrected chi connectivity index (χ0v) is 8.33. The minimum atomic E-state index is -0.236. The van der Waals surface area contributed by atoms with Crippen LogP contribution in [0.2, 0.25) is 0 Å². The molecule has 0 saturated heterocycles. The summed E-state index contributed by atoms with van der Waals surface area (Å²) in [5, 5.41) is 0. The number of hydrogen-bond acceptors (Lipinski definition) is 2. The highest BCUT2D eigenvalue weighted by atomic mass is 16.5. The molecule has 2 heteroatoms. The molecule has 0 atom stereocenters. The molecule has 0 saturated carbocycles. The number of ether oxygens (including phenoxy) is 1. The molecular weight excluding hydrogens is 176 g/mol. The SMILES string of the molecule is Cc1ccc(C2=CC(=O)OC2)c(C)c1. The van der Waals surface area contributed by atoms with Gasteiger partial charge >= 0.3 is 5.97 Å². The van der Waals surface area contributed by atoms with Crippen LogP contribution in [0.5, 0.6) is 0 Å². The van der Waals surface area contributed by atoms with Gasteiger partial charge in [-0.3, -0.25) is 0 Å². The lowest BCUT2D eigenvalue weighted by atomic mass is 9.99. The molecule has 1 aromatic carbocycles. The lowest BCUT2D eigenvalue weighted by Crippen LogP contribution is -1.93. The second kappa shape index (κ2) is 3.29. The molecule has 0 amide bonds. The van der Waals surface area contributed by atoms with Crippen molar-refractivity contribution >= 4 is 11.5 Å². The Kier molecular flexibility index (Phi) is 2.12. The van der Waals surface area contributed by atoms with E-state index in [9.17, 15) is 4.79 Å². The summed E-state index contributed by atoms with van der Waals surface area (Å²) in [5.41, 5.74) is 4.51. The molecule has 2 rings (SSSR count). The van der Waals surface area contributed by atoms with Gasteiger partial charge in [-0.25, -0.2) is 4.79 Å². The van der Waals surface area contributed by atoms with Gasteiger partial charge in [-0.1, -0.05) is 23.8 Å². The van der Waals surface area contributed by atoms with Crippen LogP contribution in [0.1, 0.15) is 16.7 Å². The van der Waals surface area contributed by atoms with Crippen LogP contribution >= 0.6 is 0 Å². The molecule has 0 radical (unpaired) electrons. The van der Waals surface area contributed by atoms with Crippen molar-refractivity contribution in [1.82, 2.24) is 0 Å². The maximum atomic E-state index is 10.9. The summed E-state index contributed by atoms with van der Waals surface area (Å²) >= 11 is 0. The number of rotatable bonds is 1. The van der Waals surface area contributed by atoms with Gasteiger partial charge in [-0.2, -0.15) is 0 Å². The summed E-state index contributed by atoms with van der Waals surface area (Å²) < 4.78 is 4.87. The van der Waals surface area contributed by atoms with E-state index in [1.165, 1.54) is 11.1 Å². The molecule has 1 aliphatic heterocycles. The van der Waals surface area contributed by atoms with E-state index in [0.717, 1.165) is 11.1 Å². The Hall–Kier alpha value is -1.57. The summed E-state index contributed by atoms with van der Waals surface area (Å²) in [6.07, 6.45) is 1.57. The minimum absolute atomic E-state index is 0.236. The van der Waals surface area contributed by atoms with Crippen LogP contribution in [0.3, 0.4) is 0 Å². The van der Waals surface area contributed by atoms with E-state index in [2.05, 4.69) is 13.0 Å². The van der Waals surface area contributed by atoms with Crippen molar-refractivity contribution in [2.75, 3.05) is 6.61 Å². The molecule has 0 fully saturated rings. The Labute approximate surface area is 83.2 Å². The van der Waals surface area contributed by atoms with Crippen LogP contribution in [0.15, 0.2) is 24.3 Å². The Balaban J connectivity index is 2.42. The van der Waals surface area contributed by atoms with Gasteiger partial charge < -0.3 is 4.74 Å². The highest BCUT2D eigenvalue weighted by molar-refractivity contribution is 5.96. The van der Waals surface area contributed by atoms with Gasteiger partial charge in [0.1, 0.15) is 6.61 Å². The monoisotopic (exact) mass is 188 g/mol. The predicted octanol–water partition coefficient (Wildman–Crippen LogP) is 2.24. The van der Waals surface area contributed by atoms with E-state index in [-0.39, 0.29) is 5.97 Å². The maximum absolute atomic E-state index is 10.9. The molecule has 0 bridgehead atoms. The first-order chi connectivity index (χ1) is 6.66. The molecule has 0 aliphatic carbocycles. The number of hydrogen-bond donors (Lipinski definition) is 0. The van der Waals surface area contributed by atoms with Gasteiger partial charge in [-0.05, 0) is 25.0 Å². The minimum Gasteiger partial charge on any atom is -0.458 e. The number of carbonyl (C=O) groups excluding carboxylic acids is 1. The third-order valence-corrected chi connectivity index (χ3v) is 2.39. The predicted molar refractivity (Wildman–Crippen MR) is 54.9 cm³/mol. The molecule has 2 nitrogen and oxygen atoms in total. The first kappa shape index (κ1) is 9.00. The number of cyclic esters (lactones) is 1. The van der Waals surface area contributed by atoms with Crippen LogP contribution in [0.25, 0.3) is 5.57 Å². The fourth-order valence-electron chi connectivity index (χ4n) is 1.70. The van der Waals surface area contributed by atoms with Crippen molar-refractivity contribution in [1.29, 1.82) is 0 Å². The molecule has 1 aromatic rings. The largest absolute Gasteiger partial charge is 0.458 e. The van der Waals surface area contributed by atoms with Crippen LogP contribution in [0.4, 0.5) is 0 Å². The van der Waals surface area contributed by atoms with E-state index in [1.54, 1.807) is 6.08 Å². The maximum Gasteiger partial charge on any atom is 0.331 e. The molecule has 72 valence electrons. The third-order valence-electron chi connectivity index (χ3n) is 2.39. The number of carbonyl (C=O) groups is 1. The number of aryl methyl sites for hydroxylation is 2. The zero-order valence-electron chi connectivity index (χ0n) is 8.33. The second-order valence-corrected chi connectivity index (χ2v) is 3.60. The fourth-order valence-corrected chi connectivity index (χ4v) is 1.70. The molecule has 14 heavy (non-hydrogen) atoms. The van der Waals surface area contributed by atoms with Gasteiger partial charge in [0, 0.05) is 11.6 Å². The Morgan fingerprint density at radius 2 is 2.07 bits per heavy atom. The van der Waals surface area contributed by atoms with Crippen LogP contribution < -0.4 is 0 Å². The highest BCUT2D eigenvalue weighted by Gasteiger charge is 2.15. The zero-order chi connectivity index (χ0) is 10.1. The van der Waals surface area contributed by atoms with Crippen molar-refractivity contribution in [2.45, 2.75) is 13.8 Å².